The molecule has 0 radical (unpaired) electrons. The van der Waals surface area contributed by atoms with Gasteiger partial charge in [-0.15, -0.1) is 0 Å². The van der Waals surface area contributed by atoms with Crippen LogP contribution in [0.25, 0.3) is 0 Å². The minimum Gasteiger partial charge on any atom is -0.381 e. The molecule has 7 rings (SSSR count). The lowest BCUT2D eigenvalue weighted by atomic mass is 9.83. The van der Waals surface area contributed by atoms with Gasteiger partial charge in [-0.25, -0.2) is 4.68 Å². The van der Waals surface area contributed by atoms with Gasteiger partial charge in [0.15, 0.2) is 5.69 Å². The van der Waals surface area contributed by atoms with Gasteiger partial charge in [-0.2, -0.15) is 23.5 Å². The summed E-state index contributed by atoms with van der Waals surface area (Å²) in [6, 6.07) is 4.48. The Bertz CT molecular complexity index is 1510. The van der Waals surface area contributed by atoms with E-state index in [1.165, 1.54) is 6.07 Å². The van der Waals surface area contributed by atoms with Crippen molar-refractivity contribution in [3.8, 4) is 6.07 Å². The summed E-state index contributed by atoms with van der Waals surface area (Å²) in [6.07, 6.45) is -0.376. The predicted molar refractivity (Wildman–Crippen MR) is 152 cm³/mol. The summed E-state index contributed by atoms with van der Waals surface area (Å²) in [5.41, 5.74) is -0.491. The Balaban J connectivity index is 0.00000168. The van der Waals surface area contributed by atoms with Gasteiger partial charge >= 0.3 is 6.18 Å². The molecule has 2 aromatic rings. The van der Waals surface area contributed by atoms with Crippen LogP contribution in [0, 0.1) is 23.2 Å². The summed E-state index contributed by atoms with van der Waals surface area (Å²) in [5.74, 6) is -1.61. The molecule has 0 spiro atoms. The van der Waals surface area contributed by atoms with E-state index in [4.69, 9.17) is 9.84 Å². The Morgan fingerprint density at radius 1 is 1.11 bits per heavy atom. The van der Waals surface area contributed by atoms with Crippen LogP contribution in [-0.2, 0) is 15.7 Å². The van der Waals surface area contributed by atoms with Gasteiger partial charge in [0, 0.05) is 36.3 Å². The maximum atomic E-state index is 14.1. The van der Waals surface area contributed by atoms with Gasteiger partial charge in [0.2, 0.25) is 5.91 Å². The highest BCUT2D eigenvalue weighted by atomic mass is 19.4. The van der Waals surface area contributed by atoms with Gasteiger partial charge in [-0.05, 0) is 68.6 Å². The van der Waals surface area contributed by atoms with Crippen molar-refractivity contribution in [2.45, 2.75) is 88.6 Å². The fourth-order valence-corrected chi connectivity index (χ4v) is 6.93. The monoisotopic (exact) mass is 612 g/mol. The van der Waals surface area contributed by atoms with E-state index < -0.39 is 41.6 Å². The summed E-state index contributed by atoms with van der Waals surface area (Å²) in [5, 5.41) is 20.1. The van der Waals surface area contributed by atoms with Crippen LogP contribution in [-0.4, -0.2) is 63.7 Å². The number of likely N-dealkylation sites (tertiary alicyclic amines) is 1. The van der Waals surface area contributed by atoms with Crippen molar-refractivity contribution in [3.05, 3.63) is 46.6 Å². The summed E-state index contributed by atoms with van der Waals surface area (Å²) in [7, 11) is 0. The molecular formula is C31H35F3N6O4. The largest absolute Gasteiger partial charge is 0.416 e. The number of hydrogen-bond donors (Lipinski definition) is 2. The Hall–Kier alpha value is -3.92. The van der Waals surface area contributed by atoms with Crippen LogP contribution in [0.5, 0.6) is 0 Å². The highest BCUT2D eigenvalue weighted by Gasteiger charge is 2.56. The number of carbonyl (C=O) groups excluding carboxylic acids is 3. The van der Waals surface area contributed by atoms with Crippen LogP contribution in [0.15, 0.2) is 24.3 Å². The Kier molecular flexibility index (Phi) is 7.90. The second-order valence-corrected chi connectivity index (χ2v) is 11.9. The van der Waals surface area contributed by atoms with E-state index in [-0.39, 0.29) is 35.2 Å². The first-order chi connectivity index (χ1) is 21.2. The molecule has 5 unspecified atom stereocenters. The highest BCUT2D eigenvalue weighted by molar-refractivity contribution is 6.06. The van der Waals surface area contributed by atoms with Crippen molar-refractivity contribution in [3.63, 3.8) is 0 Å². The van der Waals surface area contributed by atoms with Crippen LogP contribution in [0.4, 0.5) is 19.0 Å². The molecule has 4 heterocycles. The molecule has 2 N–H and O–H groups in total. The van der Waals surface area contributed by atoms with E-state index in [1.54, 1.807) is 9.58 Å². The fraction of sp³-hybridized carbons (Fsp3) is 0.581. The third kappa shape index (κ3) is 5.33. The third-order valence-electron chi connectivity index (χ3n) is 9.26. The van der Waals surface area contributed by atoms with Crippen molar-refractivity contribution >= 4 is 23.5 Å². The number of piperidine rings is 1. The molecule has 44 heavy (non-hydrogen) atoms. The molecule has 1 aromatic heterocycles. The molecule has 4 fully saturated rings. The molecule has 2 saturated heterocycles. The van der Waals surface area contributed by atoms with Gasteiger partial charge in [0.25, 0.3) is 11.8 Å². The highest BCUT2D eigenvalue weighted by Crippen LogP contribution is 2.52. The standard InChI is InChI=1S/C29H29F3N6O4.C2H6/c30-29(31,32)17-3-1-2-15(10-17)26(39)34-23-21(14-4-5-14)22-24(28(41)37-19(13-33)11-16-12-20(16)37)36-38(25(22)35-27(23)40)18-6-8-42-9-7-18;1-2/h1-3,10,14,16,18-21,23H,4-9,11-12H2,(H,34,39)(H,35,40);1-2H3. The number of ether oxygens (including phenoxy) is 1. The molecule has 0 bridgehead atoms. The lowest BCUT2D eigenvalue weighted by Gasteiger charge is -2.34. The van der Waals surface area contributed by atoms with Crippen LogP contribution in [0.2, 0.25) is 0 Å². The minimum absolute atomic E-state index is 0.0139. The molecule has 10 nitrogen and oxygen atoms in total. The number of rotatable bonds is 5. The van der Waals surface area contributed by atoms with Crippen LogP contribution in [0.3, 0.4) is 0 Å². The SMILES string of the molecule is CC.N#CC1CC2CC2N1C(=O)c1nn(C2CCOCC2)c2c1C(C1CC1)C(NC(=O)c1cccc(C(F)(F)F)c1)C(=O)N2. The molecule has 234 valence electrons. The number of benzene rings is 1. The van der Waals surface area contributed by atoms with E-state index in [0.717, 1.165) is 37.5 Å². The fourth-order valence-electron chi connectivity index (χ4n) is 6.93. The van der Waals surface area contributed by atoms with Crippen molar-refractivity contribution in [1.29, 1.82) is 5.26 Å². The number of amides is 3. The number of alkyl halides is 3. The number of nitriles is 1. The number of nitrogens with zero attached hydrogens (tertiary/aromatic N) is 4. The molecule has 2 aliphatic carbocycles. The zero-order valence-corrected chi connectivity index (χ0v) is 24.6. The molecule has 5 aliphatic rings. The number of anilines is 1. The lowest BCUT2D eigenvalue weighted by molar-refractivity contribution is -0.137. The Labute approximate surface area is 252 Å². The van der Waals surface area contributed by atoms with Gasteiger partial charge in [-0.1, -0.05) is 19.9 Å². The second-order valence-electron chi connectivity index (χ2n) is 11.9. The summed E-state index contributed by atoms with van der Waals surface area (Å²) in [6.45, 7) is 5.01. The number of nitrogens with one attached hydrogen (secondary N) is 2. The molecule has 1 aromatic carbocycles. The van der Waals surface area contributed by atoms with Crippen molar-refractivity contribution in [2.24, 2.45) is 11.8 Å². The van der Waals surface area contributed by atoms with Crippen LogP contribution in [0.1, 0.15) is 96.3 Å². The quantitative estimate of drug-likeness (QED) is 0.506. The van der Waals surface area contributed by atoms with E-state index in [1.807, 2.05) is 13.8 Å². The van der Waals surface area contributed by atoms with Crippen molar-refractivity contribution < 1.29 is 32.3 Å². The van der Waals surface area contributed by atoms with Gasteiger partial charge < -0.3 is 20.3 Å². The summed E-state index contributed by atoms with van der Waals surface area (Å²) < 4.78 is 47.2. The first-order valence-corrected chi connectivity index (χ1v) is 15.4. The van der Waals surface area contributed by atoms with Gasteiger partial charge in [0.05, 0.1) is 17.7 Å². The first-order valence-electron chi connectivity index (χ1n) is 15.4. The van der Waals surface area contributed by atoms with Crippen LogP contribution < -0.4 is 10.6 Å². The van der Waals surface area contributed by atoms with Gasteiger partial charge in [0.1, 0.15) is 17.9 Å². The summed E-state index contributed by atoms with van der Waals surface area (Å²) in [4.78, 5) is 42.6. The number of aromatic nitrogens is 2. The minimum atomic E-state index is -4.63. The third-order valence-corrected chi connectivity index (χ3v) is 9.26. The van der Waals surface area contributed by atoms with Gasteiger partial charge in [-0.3, -0.25) is 14.4 Å². The van der Waals surface area contributed by atoms with Crippen molar-refractivity contribution in [2.75, 3.05) is 18.5 Å². The second kappa shape index (κ2) is 11.5. The normalized spacial score (nSPS) is 27.7. The van der Waals surface area contributed by atoms with Crippen molar-refractivity contribution in [1.82, 2.24) is 20.0 Å². The zero-order valence-electron chi connectivity index (χ0n) is 24.6. The number of fused-ring (bicyclic) bond motifs is 2. The number of halogens is 3. The topological polar surface area (TPSA) is 129 Å². The maximum Gasteiger partial charge on any atom is 0.416 e. The average molecular weight is 613 g/mol. The first kappa shape index (κ1) is 30.1. The van der Waals surface area contributed by atoms with E-state index in [0.29, 0.717) is 49.8 Å². The molecule has 3 amide bonds. The smallest absolute Gasteiger partial charge is 0.381 e. The molecule has 5 atom stereocenters. The van der Waals surface area contributed by atoms with E-state index >= 15 is 0 Å². The number of carbonyl (C=O) groups is 3. The Morgan fingerprint density at radius 2 is 1.84 bits per heavy atom. The van der Waals surface area contributed by atoms with E-state index in [2.05, 4.69) is 16.7 Å². The Morgan fingerprint density at radius 3 is 2.50 bits per heavy atom. The molecule has 2 saturated carbocycles. The molecular weight excluding hydrogens is 577 g/mol. The molecule has 3 aliphatic heterocycles. The predicted octanol–water partition coefficient (Wildman–Crippen LogP) is 4.65. The van der Waals surface area contributed by atoms with E-state index in [9.17, 15) is 32.8 Å². The summed E-state index contributed by atoms with van der Waals surface area (Å²) >= 11 is 0. The lowest BCUT2D eigenvalue weighted by Crippen LogP contribution is -2.51. The van der Waals surface area contributed by atoms with Crippen LogP contribution >= 0.6 is 0 Å². The molecule has 13 heteroatoms. The maximum absolute atomic E-state index is 14.1. The average Bonchev–Trinajstić information content (AvgIpc) is 3.95. The number of hydrogen-bond acceptors (Lipinski definition) is 6. The zero-order chi connectivity index (χ0) is 31.3.